The van der Waals surface area contributed by atoms with Gasteiger partial charge in [0.15, 0.2) is 10.5 Å². The number of hydrogen-bond acceptors (Lipinski definition) is 4. The number of piperazine rings is 1. The summed E-state index contributed by atoms with van der Waals surface area (Å²) >= 11 is 0. The highest BCUT2D eigenvalue weighted by atomic mass is 32.2. The Balaban J connectivity index is 0.00000148. The largest absolute Gasteiger partial charge is 0.416 e. The molecule has 5 rings (SSSR count). The fourth-order valence-electron chi connectivity index (χ4n) is 4.17. The number of anilines is 1. The van der Waals surface area contributed by atoms with Crippen molar-refractivity contribution in [3.8, 4) is 22.3 Å². The standard InChI is InChI=1S/C25H25F3N5S.C2H6/c1-34(2)22-12-18(11-20(13-22)25(26,27)28)23-15-31-33-16-19(14-30-24(23)33)17-3-5-21(6-4-17)32-9-7-29-8-10-32;1-2/h3-6,11-16,29H,7-10H2,1-2H3;1-2H3/q+1;. The second kappa shape index (κ2) is 10.9. The first kappa shape index (κ1) is 26.0. The zero-order valence-corrected chi connectivity index (χ0v) is 21.7. The minimum atomic E-state index is -4.41. The highest BCUT2D eigenvalue weighted by Crippen LogP contribution is 2.36. The quantitative estimate of drug-likeness (QED) is 0.352. The summed E-state index contributed by atoms with van der Waals surface area (Å²) in [5.74, 6) is 0. The van der Waals surface area contributed by atoms with E-state index in [0.29, 0.717) is 21.7 Å². The van der Waals surface area contributed by atoms with Gasteiger partial charge in [0.05, 0.1) is 11.8 Å². The van der Waals surface area contributed by atoms with E-state index >= 15 is 0 Å². The molecule has 0 amide bonds. The Bertz CT molecular complexity index is 1310. The molecule has 0 saturated carbocycles. The van der Waals surface area contributed by atoms with Crippen LogP contribution in [0.25, 0.3) is 27.9 Å². The van der Waals surface area contributed by atoms with E-state index in [1.54, 1.807) is 23.0 Å². The third-order valence-corrected chi connectivity index (χ3v) is 7.23. The predicted molar refractivity (Wildman–Crippen MR) is 143 cm³/mol. The summed E-state index contributed by atoms with van der Waals surface area (Å²) in [5, 5.41) is 7.75. The van der Waals surface area contributed by atoms with Gasteiger partial charge >= 0.3 is 6.18 Å². The monoisotopic (exact) mass is 514 g/mol. The number of benzene rings is 2. The van der Waals surface area contributed by atoms with E-state index < -0.39 is 11.7 Å². The van der Waals surface area contributed by atoms with Crippen molar-refractivity contribution in [1.29, 1.82) is 0 Å². The molecule has 0 bridgehead atoms. The lowest BCUT2D eigenvalue weighted by Gasteiger charge is -2.29. The Kier molecular flexibility index (Phi) is 7.90. The molecule has 4 aromatic rings. The summed E-state index contributed by atoms with van der Waals surface area (Å²) in [4.78, 5) is 7.58. The lowest BCUT2D eigenvalue weighted by Crippen LogP contribution is -2.43. The molecule has 36 heavy (non-hydrogen) atoms. The second-order valence-electron chi connectivity index (χ2n) is 8.51. The Morgan fingerprint density at radius 2 is 1.58 bits per heavy atom. The third kappa shape index (κ3) is 5.52. The zero-order valence-electron chi connectivity index (χ0n) is 20.9. The predicted octanol–water partition coefficient (Wildman–Crippen LogP) is 5.75. The summed E-state index contributed by atoms with van der Waals surface area (Å²) in [6.07, 6.45) is 4.61. The molecule has 5 nitrogen and oxygen atoms in total. The Morgan fingerprint density at radius 3 is 2.22 bits per heavy atom. The molecular weight excluding hydrogens is 483 g/mol. The van der Waals surface area contributed by atoms with Crippen LogP contribution in [0, 0.1) is 0 Å². The van der Waals surface area contributed by atoms with Gasteiger partial charge in [0.2, 0.25) is 0 Å². The van der Waals surface area contributed by atoms with Crippen molar-refractivity contribution in [1.82, 2.24) is 19.9 Å². The van der Waals surface area contributed by atoms with Crippen LogP contribution in [0.5, 0.6) is 0 Å². The average molecular weight is 515 g/mol. The van der Waals surface area contributed by atoms with E-state index in [4.69, 9.17) is 0 Å². The SMILES string of the molecule is CC.C[S+](C)c1cc(-c2cnn3cc(-c4ccc(N5CCNCC5)cc4)cnc23)cc(C(F)(F)F)c1. The topological polar surface area (TPSA) is 45.5 Å². The molecule has 2 aromatic carbocycles. The highest BCUT2D eigenvalue weighted by molar-refractivity contribution is 7.95. The van der Waals surface area contributed by atoms with Gasteiger partial charge < -0.3 is 10.2 Å². The van der Waals surface area contributed by atoms with E-state index in [0.717, 1.165) is 37.3 Å². The number of aromatic nitrogens is 3. The Labute approximate surface area is 212 Å². The van der Waals surface area contributed by atoms with Crippen LogP contribution in [0.15, 0.2) is 66.0 Å². The molecule has 1 fully saturated rings. The van der Waals surface area contributed by atoms with Crippen molar-refractivity contribution < 1.29 is 13.2 Å². The minimum absolute atomic E-state index is 0.317. The minimum Gasteiger partial charge on any atom is -0.369 e. The van der Waals surface area contributed by atoms with Crippen LogP contribution in [-0.2, 0) is 17.1 Å². The van der Waals surface area contributed by atoms with E-state index in [9.17, 15) is 13.2 Å². The molecule has 1 N–H and O–H groups in total. The molecule has 1 aliphatic rings. The first-order valence-electron chi connectivity index (χ1n) is 12.0. The average Bonchev–Trinajstić information content (AvgIpc) is 3.33. The maximum Gasteiger partial charge on any atom is 0.416 e. The number of nitrogens with zero attached hydrogens (tertiary/aromatic N) is 4. The van der Waals surface area contributed by atoms with E-state index in [-0.39, 0.29) is 10.9 Å². The first-order chi connectivity index (χ1) is 17.3. The van der Waals surface area contributed by atoms with Gasteiger partial charge in [-0.1, -0.05) is 26.0 Å². The van der Waals surface area contributed by atoms with Gasteiger partial charge in [0, 0.05) is 78.4 Å². The molecule has 2 aromatic heterocycles. The maximum atomic E-state index is 13.5. The number of rotatable bonds is 4. The van der Waals surface area contributed by atoms with Gasteiger partial charge in [-0.2, -0.15) is 18.3 Å². The fourth-order valence-corrected chi connectivity index (χ4v) is 4.89. The normalized spacial score (nSPS) is 14.2. The van der Waals surface area contributed by atoms with Crippen molar-refractivity contribution in [3.05, 3.63) is 66.6 Å². The van der Waals surface area contributed by atoms with Gasteiger partial charge in [-0.3, -0.25) is 0 Å². The van der Waals surface area contributed by atoms with Crippen LogP contribution < -0.4 is 10.2 Å². The zero-order chi connectivity index (χ0) is 25.9. The molecular formula is C27H31F3N5S+. The van der Waals surface area contributed by atoms with Crippen molar-refractivity contribution in [2.45, 2.75) is 24.9 Å². The lowest BCUT2D eigenvalue weighted by atomic mass is 10.0. The smallest absolute Gasteiger partial charge is 0.369 e. The molecule has 9 heteroatoms. The number of fused-ring (bicyclic) bond motifs is 1. The number of hydrogen-bond donors (Lipinski definition) is 1. The maximum absolute atomic E-state index is 13.5. The summed E-state index contributed by atoms with van der Waals surface area (Å²) in [6, 6.07) is 12.6. The van der Waals surface area contributed by atoms with Gasteiger partial charge in [-0.15, -0.1) is 0 Å². The van der Waals surface area contributed by atoms with Crippen molar-refractivity contribution in [2.75, 3.05) is 43.6 Å². The Hall–Kier alpha value is -3.04. The lowest BCUT2D eigenvalue weighted by molar-refractivity contribution is -0.137. The van der Waals surface area contributed by atoms with Crippen molar-refractivity contribution >= 4 is 22.2 Å². The third-order valence-electron chi connectivity index (χ3n) is 6.06. The van der Waals surface area contributed by atoms with Gasteiger partial charge in [0.1, 0.15) is 12.5 Å². The van der Waals surface area contributed by atoms with Crippen molar-refractivity contribution in [3.63, 3.8) is 0 Å². The number of halogens is 3. The Morgan fingerprint density at radius 1 is 0.889 bits per heavy atom. The summed E-state index contributed by atoms with van der Waals surface area (Å²) in [5.41, 5.74) is 4.02. The van der Waals surface area contributed by atoms with Crippen LogP contribution in [0.2, 0.25) is 0 Å². The second-order valence-corrected chi connectivity index (χ2v) is 10.6. The van der Waals surface area contributed by atoms with Crippen LogP contribution in [0.4, 0.5) is 18.9 Å². The fraction of sp³-hybridized carbons (Fsp3) is 0.333. The molecule has 0 atom stereocenters. The van der Waals surface area contributed by atoms with Crippen molar-refractivity contribution in [2.24, 2.45) is 0 Å². The highest BCUT2D eigenvalue weighted by Gasteiger charge is 2.33. The summed E-state index contributed by atoms with van der Waals surface area (Å²) < 4.78 is 42.2. The van der Waals surface area contributed by atoms with Crippen LogP contribution in [0.1, 0.15) is 19.4 Å². The first-order valence-corrected chi connectivity index (χ1v) is 14.0. The van der Waals surface area contributed by atoms with Crippen LogP contribution in [0.3, 0.4) is 0 Å². The molecule has 0 unspecified atom stereocenters. The van der Waals surface area contributed by atoms with Crippen LogP contribution in [-0.4, -0.2) is 53.3 Å². The summed E-state index contributed by atoms with van der Waals surface area (Å²) in [7, 11) is -0.317. The molecule has 190 valence electrons. The van der Waals surface area contributed by atoms with Gasteiger partial charge in [-0.05, 0) is 29.3 Å². The number of nitrogens with one attached hydrogen (secondary N) is 1. The van der Waals surface area contributed by atoms with E-state index in [1.165, 1.54) is 17.8 Å². The number of alkyl halides is 3. The van der Waals surface area contributed by atoms with E-state index in [1.807, 2.05) is 32.6 Å². The molecule has 1 saturated heterocycles. The van der Waals surface area contributed by atoms with E-state index in [2.05, 4.69) is 44.6 Å². The molecule has 1 aliphatic heterocycles. The van der Waals surface area contributed by atoms with Crippen LogP contribution >= 0.6 is 0 Å². The molecule has 0 radical (unpaired) electrons. The van der Waals surface area contributed by atoms with Gasteiger partial charge in [-0.25, -0.2) is 9.50 Å². The molecule has 0 spiro atoms. The summed E-state index contributed by atoms with van der Waals surface area (Å²) in [6.45, 7) is 7.93. The molecule has 3 heterocycles. The molecule has 0 aliphatic carbocycles. The van der Waals surface area contributed by atoms with Gasteiger partial charge in [0.25, 0.3) is 0 Å².